The van der Waals surface area contributed by atoms with E-state index in [4.69, 9.17) is 14.2 Å². The molecule has 2 saturated heterocycles. The Bertz CT molecular complexity index is 1490. The van der Waals surface area contributed by atoms with Crippen LogP contribution in [0.5, 0.6) is 11.6 Å². The number of fused-ring (bicyclic) bond motifs is 1. The molecule has 6 rings (SSSR count). The standard InChI is InChI=1S/C29H39N3O8S2/c33-23(20-39-24-4-1-5-26(14-24)41(34,35)25-6-7-25)17-30-16-21-15-29(40-19-21)8-10-32(11-9-29)42(36,37)27-13-22-3-2-12-38-28(22)31-18-27/h1,4-5,13-14,18,21,23,25,30,33H,2-3,6-12,15-17,19-20H2/t21?,23-/m0/s1. The summed E-state index contributed by atoms with van der Waals surface area (Å²) >= 11 is 0. The zero-order valence-electron chi connectivity index (χ0n) is 23.6. The van der Waals surface area contributed by atoms with Crippen LogP contribution >= 0.6 is 0 Å². The maximum Gasteiger partial charge on any atom is 0.244 e. The molecule has 1 aromatic heterocycles. The van der Waals surface area contributed by atoms with Crippen molar-refractivity contribution in [1.29, 1.82) is 0 Å². The maximum atomic E-state index is 13.3. The van der Waals surface area contributed by atoms with Gasteiger partial charge in [0.15, 0.2) is 9.84 Å². The Morgan fingerprint density at radius 1 is 1.14 bits per heavy atom. The normalized spacial score (nSPS) is 23.3. The van der Waals surface area contributed by atoms with Crippen LogP contribution in [0.4, 0.5) is 0 Å². The third-order valence-electron chi connectivity index (χ3n) is 8.64. The number of aliphatic hydroxyl groups is 1. The lowest BCUT2D eigenvalue weighted by Crippen LogP contribution is -2.46. The fraction of sp³-hybridized carbons (Fsp3) is 0.621. The average molecular weight is 622 g/mol. The molecule has 3 aliphatic heterocycles. The molecule has 1 spiro atoms. The number of benzene rings is 1. The van der Waals surface area contributed by atoms with Crippen LogP contribution < -0.4 is 14.8 Å². The minimum atomic E-state index is -3.64. The molecule has 2 N–H and O–H groups in total. The molecule has 1 unspecified atom stereocenters. The smallest absolute Gasteiger partial charge is 0.244 e. The van der Waals surface area contributed by atoms with Gasteiger partial charge in [-0.3, -0.25) is 0 Å². The number of ether oxygens (including phenoxy) is 3. The largest absolute Gasteiger partial charge is 0.491 e. The van der Waals surface area contributed by atoms with Gasteiger partial charge in [0.2, 0.25) is 15.9 Å². The van der Waals surface area contributed by atoms with Crippen molar-refractivity contribution in [3.8, 4) is 11.6 Å². The molecule has 4 aliphatic rings. The first-order valence-electron chi connectivity index (χ1n) is 14.8. The van der Waals surface area contributed by atoms with E-state index < -0.39 is 26.0 Å². The highest BCUT2D eigenvalue weighted by Gasteiger charge is 2.44. The second-order valence-corrected chi connectivity index (χ2v) is 16.1. The lowest BCUT2D eigenvalue weighted by molar-refractivity contribution is -0.0313. The Morgan fingerprint density at radius 2 is 1.95 bits per heavy atom. The van der Waals surface area contributed by atoms with Crippen LogP contribution in [0.2, 0.25) is 0 Å². The zero-order valence-corrected chi connectivity index (χ0v) is 25.2. The minimum absolute atomic E-state index is 0.0438. The third-order valence-corrected chi connectivity index (χ3v) is 12.8. The summed E-state index contributed by atoms with van der Waals surface area (Å²) in [4.78, 5) is 4.72. The summed E-state index contributed by atoms with van der Waals surface area (Å²) in [6, 6.07) is 8.16. The molecule has 2 atom stereocenters. The molecule has 1 aliphatic carbocycles. The SMILES string of the molecule is O=S(=O)(c1cccc(OC[C@@H](O)CNCC2COC3(CCN(S(=O)(=O)c4cnc5c(c4)CCCO5)CC3)C2)c1)C1CC1. The molecule has 1 saturated carbocycles. The summed E-state index contributed by atoms with van der Waals surface area (Å²) in [5, 5.41) is 13.4. The maximum absolute atomic E-state index is 13.3. The summed E-state index contributed by atoms with van der Waals surface area (Å²) < 4.78 is 70.5. The summed E-state index contributed by atoms with van der Waals surface area (Å²) in [7, 11) is -6.93. The fourth-order valence-corrected chi connectivity index (χ4v) is 9.20. The number of hydrogen-bond donors (Lipinski definition) is 2. The van der Waals surface area contributed by atoms with Gasteiger partial charge in [-0.05, 0) is 75.1 Å². The van der Waals surface area contributed by atoms with E-state index in [0.29, 0.717) is 76.7 Å². The Kier molecular flexibility index (Phi) is 8.51. The third kappa shape index (κ3) is 6.46. The van der Waals surface area contributed by atoms with E-state index >= 15 is 0 Å². The van der Waals surface area contributed by atoms with Gasteiger partial charge < -0.3 is 24.6 Å². The van der Waals surface area contributed by atoms with Crippen LogP contribution in [-0.2, 0) is 31.0 Å². The fourth-order valence-electron chi connectivity index (χ4n) is 6.08. The Labute approximate surface area is 247 Å². The van der Waals surface area contributed by atoms with E-state index in [1.807, 2.05) is 0 Å². The van der Waals surface area contributed by atoms with Crippen molar-refractivity contribution >= 4 is 19.9 Å². The van der Waals surface area contributed by atoms with Gasteiger partial charge in [0.25, 0.3) is 0 Å². The van der Waals surface area contributed by atoms with E-state index in [-0.39, 0.29) is 33.2 Å². The number of hydrogen-bond acceptors (Lipinski definition) is 10. The van der Waals surface area contributed by atoms with Crippen molar-refractivity contribution in [2.45, 2.75) is 71.7 Å². The van der Waals surface area contributed by atoms with Crippen LogP contribution in [0.25, 0.3) is 0 Å². The van der Waals surface area contributed by atoms with Crippen molar-refractivity contribution in [1.82, 2.24) is 14.6 Å². The molecule has 2 aromatic rings. The molecule has 4 heterocycles. The van der Waals surface area contributed by atoms with E-state index in [1.54, 1.807) is 24.3 Å². The predicted octanol–water partition coefficient (Wildman–Crippen LogP) is 1.93. The highest BCUT2D eigenvalue weighted by molar-refractivity contribution is 7.92. The second-order valence-electron chi connectivity index (χ2n) is 11.9. The first kappa shape index (κ1) is 29.8. The number of nitrogens with zero attached hydrogens (tertiary/aromatic N) is 2. The molecule has 11 nitrogen and oxygen atoms in total. The molecule has 0 bridgehead atoms. The number of aryl methyl sites for hydroxylation is 1. The first-order valence-corrected chi connectivity index (χ1v) is 17.7. The average Bonchev–Trinajstić information content (AvgIpc) is 3.80. The molecular formula is C29H39N3O8S2. The van der Waals surface area contributed by atoms with Gasteiger partial charge >= 0.3 is 0 Å². The van der Waals surface area contributed by atoms with Crippen molar-refractivity contribution in [3.05, 3.63) is 42.1 Å². The van der Waals surface area contributed by atoms with E-state index in [0.717, 1.165) is 24.8 Å². The Morgan fingerprint density at radius 3 is 2.74 bits per heavy atom. The zero-order chi connectivity index (χ0) is 29.4. The van der Waals surface area contributed by atoms with E-state index in [9.17, 15) is 21.9 Å². The number of aromatic nitrogens is 1. The molecule has 0 amide bonds. The number of pyridine rings is 1. The lowest BCUT2D eigenvalue weighted by Gasteiger charge is -2.38. The summed E-state index contributed by atoms with van der Waals surface area (Å²) in [5.74, 6) is 1.21. The van der Waals surface area contributed by atoms with Crippen LogP contribution in [0.15, 0.2) is 46.3 Å². The summed E-state index contributed by atoms with van der Waals surface area (Å²) in [5.41, 5.74) is 0.517. The highest BCUT2D eigenvalue weighted by atomic mass is 32.2. The van der Waals surface area contributed by atoms with Crippen LogP contribution in [0, 0.1) is 5.92 Å². The number of aliphatic hydroxyl groups excluding tert-OH is 1. The number of sulfonamides is 1. The van der Waals surface area contributed by atoms with Gasteiger partial charge in [-0.1, -0.05) is 6.07 Å². The molecule has 1 aromatic carbocycles. The number of sulfone groups is 1. The summed E-state index contributed by atoms with van der Waals surface area (Å²) in [6.07, 6.45) is 5.77. The topological polar surface area (TPSA) is 144 Å². The number of rotatable bonds is 11. The predicted molar refractivity (Wildman–Crippen MR) is 154 cm³/mol. The van der Waals surface area contributed by atoms with Crippen molar-refractivity contribution in [3.63, 3.8) is 0 Å². The monoisotopic (exact) mass is 621 g/mol. The van der Waals surface area contributed by atoms with Crippen molar-refractivity contribution < 1.29 is 36.2 Å². The molecule has 3 fully saturated rings. The number of piperidine rings is 1. The van der Waals surface area contributed by atoms with Gasteiger partial charge in [-0.2, -0.15) is 4.31 Å². The second kappa shape index (κ2) is 12.0. The van der Waals surface area contributed by atoms with Gasteiger partial charge in [0, 0.05) is 31.7 Å². The minimum Gasteiger partial charge on any atom is -0.491 e. The van der Waals surface area contributed by atoms with Crippen LogP contribution in [0.1, 0.15) is 44.1 Å². The molecule has 230 valence electrons. The Balaban J connectivity index is 0.931. The molecule has 13 heteroatoms. The van der Waals surface area contributed by atoms with Crippen molar-refractivity contribution in [2.75, 3.05) is 46.0 Å². The van der Waals surface area contributed by atoms with Gasteiger partial charge in [-0.25, -0.2) is 21.8 Å². The first-order chi connectivity index (χ1) is 20.1. The molecular weight excluding hydrogens is 582 g/mol. The molecule has 0 radical (unpaired) electrons. The Hall–Kier alpha value is -2.29. The van der Waals surface area contributed by atoms with Crippen LogP contribution in [0.3, 0.4) is 0 Å². The van der Waals surface area contributed by atoms with E-state index in [1.165, 1.54) is 16.6 Å². The van der Waals surface area contributed by atoms with Crippen LogP contribution in [-0.4, -0.2) is 94.2 Å². The highest BCUT2D eigenvalue weighted by Crippen LogP contribution is 2.40. The van der Waals surface area contributed by atoms with Gasteiger partial charge in [-0.15, -0.1) is 0 Å². The van der Waals surface area contributed by atoms with Crippen molar-refractivity contribution in [2.24, 2.45) is 5.92 Å². The quantitative estimate of drug-likeness (QED) is 0.382. The van der Waals surface area contributed by atoms with Gasteiger partial charge in [0.05, 0.1) is 35.2 Å². The van der Waals surface area contributed by atoms with E-state index in [2.05, 4.69) is 10.3 Å². The summed E-state index contributed by atoms with van der Waals surface area (Å²) in [6.45, 7) is 3.03. The molecule has 42 heavy (non-hydrogen) atoms. The van der Waals surface area contributed by atoms with Gasteiger partial charge in [0.1, 0.15) is 23.4 Å². The number of nitrogens with one attached hydrogen (secondary N) is 1. The lowest BCUT2D eigenvalue weighted by atomic mass is 9.86.